The van der Waals surface area contributed by atoms with Gasteiger partial charge in [-0.25, -0.2) is 0 Å². The van der Waals surface area contributed by atoms with Gasteiger partial charge in [-0.2, -0.15) is 8.42 Å². The van der Waals surface area contributed by atoms with Crippen molar-refractivity contribution in [1.29, 1.82) is 0 Å². The average molecular weight is 406 g/mol. The van der Waals surface area contributed by atoms with Crippen LogP contribution in [0.1, 0.15) is 39.8 Å². The van der Waals surface area contributed by atoms with Crippen LogP contribution in [0.5, 0.6) is 5.75 Å². The fourth-order valence-corrected chi connectivity index (χ4v) is 5.79. The maximum absolute atomic E-state index is 13.0. The highest BCUT2D eigenvalue weighted by atomic mass is 32.2. The molecule has 0 fully saturated rings. The zero-order valence-corrected chi connectivity index (χ0v) is 17.5. The molecular weight excluding hydrogens is 382 g/mol. The van der Waals surface area contributed by atoms with Gasteiger partial charge in [-0.15, -0.1) is 0 Å². The summed E-state index contributed by atoms with van der Waals surface area (Å²) in [5.74, 6) is 0.759. The van der Waals surface area contributed by atoms with E-state index in [1.807, 2.05) is 27.0 Å². The summed E-state index contributed by atoms with van der Waals surface area (Å²) in [7, 11) is -1.87. The molecule has 0 unspecified atom stereocenters. The van der Waals surface area contributed by atoms with E-state index < -0.39 is 10.1 Å². The summed E-state index contributed by atoms with van der Waals surface area (Å²) >= 11 is 0. The molecule has 1 aliphatic carbocycles. The number of rotatable bonds is 3. The van der Waals surface area contributed by atoms with Gasteiger partial charge in [0.1, 0.15) is 4.90 Å². The Hall–Kier alpha value is -2.79. The molecule has 3 aromatic rings. The summed E-state index contributed by atoms with van der Waals surface area (Å²) in [4.78, 5) is 2.37. The first kappa shape index (κ1) is 18.3. The summed E-state index contributed by atoms with van der Waals surface area (Å²) in [6.45, 7) is 3.83. The van der Waals surface area contributed by atoms with Crippen LogP contribution < -0.4 is 9.08 Å². The van der Waals surface area contributed by atoms with Crippen molar-refractivity contribution in [3.63, 3.8) is 0 Å². The first-order valence-electron chi connectivity index (χ1n) is 9.82. The van der Waals surface area contributed by atoms with Crippen LogP contribution in [0.25, 0.3) is 0 Å². The van der Waals surface area contributed by atoms with Crippen molar-refractivity contribution >= 4 is 15.8 Å². The van der Waals surface area contributed by atoms with E-state index in [4.69, 9.17) is 4.18 Å². The SMILES string of the molecule is Cc1ccc(S(=O)(=O)Oc2c(C)ccc3c2N(C)[C@H]2c4ccccc4C[C@H]32)cc1. The molecule has 0 radical (unpaired) electrons. The normalized spacial score (nSPS) is 19.6. The standard InChI is InChI=1S/C24H23NO3S/c1-15-8-11-18(12-9-15)29(26,27)28-24-16(2)10-13-20-21-14-17-6-4-5-7-19(17)22(21)25(3)23(20)24/h4-13,21-22H,14H2,1-3H3/t21-,22+/m1/s1. The lowest BCUT2D eigenvalue weighted by Crippen LogP contribution is -2.21. The molecule has 3 aromatic carbocycles. The lowest BCUT2D eigenvalue weighted by molar-refractivity contribution is 0.484. The molecule has 1 heterocycles. The predicted molar refractivity (Wildman–Crippen MR) is 114 cm³/mol. The summed E-state index contributed by atoms with van der Waals surface area (Å²) in [5.41, 5.74) is 6.57. The zero-order chi connectivity index (χ0) is 20.3. The van der Waals surface area contributed by atoms with Crippen LogP contribution in [-0.4, -0.2) is 15.5 Å². The molecular formula is C24H23NO3S. The van der Waals surface area contributed by atoms with Gasteiger partial charge in [0.2, 0.25) is 0 Å². The van der Waals surface area contributed by atoms with Crippen molar-refractivity contribution in [1.82, 2.24) is 0 Å². The van der Waals surface area contributed by atoms with Crippen LogP contribution in [0.4, 0.5) is 5.69 Å². The van der Waals surface area contributed by atoms with Crippen LogP contribution in [0, 0.1) is 13.8 Å². The van der Waals surface area contributed by atoms with E-state index in [0.29, 0.717) is 11.7 Å². The summed E-state index contributed by atoms with van der Waals surface area (Å²) in [6.07, 6.45) is 0.964. The Morgan fingerprint density at radius 1 is 0.931 bits per heavy atom. The highest BCUT2D eigenvalue weighted by Crippen LogP contribution is 2.57. The van der Waals surface area contributed by atoms with Crippen molar-refractivity contribution in [2.24, 2.45) is 0 Å². The van der Waals surface area contributed by atoms with Crippen LogP contribution in [-0.2, 0) is 16.5 Å². The summed E-state index contributed by atoms with van der Waals surface area (Å²) in [5, 5.41) is 0. The fourth-order valence-electron chi connectivity index (χ4n) is 4.79. The van der Waals surface area contributed by atoms with Crippen LogP contribution in [0.15, 0.2) is 65.6 Å². The summed E-state index contributed by atoms with van der Waals surface area (Å²) in [6, 6.07) is 19.6. The third-order valence-electron chi connectivity index (χ3n) is 6.23. The van der Waals surface area contributed by atoms with E-state index in [2.05, 4.69) is 35.2 Å². The number of nitrogens with zero attached hydrogens (tertiary/aromatic N) is 1. The number of anilines is 1. The lowest BCUT2D eigenvalue weighted by Gasteiger charge is -2.25. The third-order valence-corrected chi connectivity index (χ3v) is 7.46. The molecule has 1 aliphatic heterocycles. The monoisotopic (exact) mass is 405 g/mol. The van der Waals surface area contributed by atoms with Gasteiger partial charge in [0.25, 0.3) is 0 Å². The topological polar surface area (TPSA) is 46.6 Å². The maximum atomic E-state index is 13.0. The number of likely N-dealkylation sites (N-methyl/N-ethyl adjacent to an activating group) is 1. The first-order chi connectivity index (χ1) is 13.9. The largest absolute Gasteiger partial charge is 0.376 e. The highest BCUT2D eigenvalue weighted by molar-refractivity contribution is 7.87. The van der Waals surface area contributed by atoms with Crippen molar-refractivity contribution in [3.05, 3.63) is 88.5 Å². The molecule has 0 spiro atoms. The van der Waals surface area contributed by atoms with E-state index in [0.717, 1.165) is 28.8 Å². The molecule has 5 rings (SSSR count). The Morgan fingerprint density at radius 3 is 2.41 bits per heavy atom. The highest BCUT2D eigenvalue weighted by Gasteiger charge is 2.45. The predicted octanol–water partition coefficient (Wildman–Crippen LogP) is 4.90. The van der Waals surface area contributed by atoms with Crippen LogP contribution in [0.2, 0.25) is 0 Å². The van der Waals surface area contributed by atoms with Crippen molar-refractivity contribution in [2.75, 3.05) is 11.9 Å². The van der Waals surface area contributed by atoms with E-state index >= 15 is 0 Å². The number of hydrogen-bond acceptors (Lipinski definition) is 4. The Labute approximate surface area is 171 Å². The third kappa shape index (κ3) is 2.76. The number of hydrogen-bond donors (Lipinski definition) is 0. The Bertz CT molecular complexity index is 1220. The second-order valence-corrected chi connectivity index (χ2v) is 9.61. The smallest absolute Gasteiger partial charge is 0.339 e. The van der Waals surface area contributed by atoms with Crippen molar-refractivity contribution in [2.45, 2.75) is 37.1 Å². The summed E-state index contributed by atoms with van der Waals surface area (Å²) < 4.78 is 31.7. The van der Waals surface area contributed by atoms with E-state index in [1.165, 1.54) is 11.1 Å². The van der Waals surface area contributed by atoms with Gasteiger partial charge in [-0.3, -0.25) is 0 Å². The van der Waals surface area contributed by atoms with Gasteiger partial charge < -0.3 is 9.08 Å². The van der Waals surface area contributed by atoms with Crippen molar-refractivity contribution < 1.29 is 12.6 Å². The molecule has 0 bridgehead atoms. The molecule has 2 atom stereocenters. The van der Waals surface area contributed by atoms with E-state index in [1.54, 1.807) is 24.3 Å². The lowest BCUT2D eigenvalue weighted by atomic mass is 9.95. The minimum Gasteiger partial charge on any atom is -0.376 e. The van der Waals surface area contributed by atoms with Gasteiger partial charge in [0.05, 0.1) is 11.7 Å². The van der Waals surface area contributed by atoms with E-state index in [-0.39, 0.29) is 10.9 Å². The van der Waals surface area contributed by atoms with E-state index in [9.17, 15) is 8.42 Å². The molecule has 5 heteroatoms. The number of fused-ring (bicyclic) bond motifs is 5. The van der Waals surface area contributed by atoms with Gasteiger partial charge >= 0.3 is 10.1 Å². The van der Waals surface area contributed by atoms with Gasteiger partial charge in [0, 0.05) is 13.0 Å². The average Bonchev–Trinajstić information content (AvgIpc) is 3.20. The minimum absolute atomic E-state index is 0.172. The Kier molecular flexibility index (Phi) is 4.00. The molecule has 0 amide bonds. The van der Waals surface area contributed by atoms with Crippen LogP contribution >= 0.6 is 0 Å². The van der Waals surface area contributed by atoms with Crippen LogP contribution in [0.3, 0.4) is 0 Å². The minimum atomic E-state index is -3.91. The van der Waals surface area contributed by atoms with Crippen molar-refractivity contribution in [3.8, 4) is 5.75 Å². The number of aryl methyl sites for hydroxylation is 2. The van der Waals surface area contributed by atoms with Gasteiger partial charge in [-0.05, 0) is 54.7 Å². The Balaban J connectivity index is 1.58. The second-order valence-electron chi connectivity index (χ2n) is 8.07. The molecule has 4 nitrogen and oxygen atoms in total. The molecule has 0 aromatic heterocycles. The fraction of sp³-hybridized carbons (Fsp3) is 0.250. The molecule has 2 aliphatic rings. The molecule has 29 heavy (non-hydrogen) atoms. The molecule has 148 valence electrons. The zero-order valence-electron chi connectivity index (χ0n) is 16.7. The molecule has 0 N–H and O–H groups in total. The van der Waals surface area contributed by atoms with Gasteiger partial charge in [-0.1, -0.05) is 54.1 Å². The maximum Gasteiger partial charge on any atom is 0.339 e. The second kappa shape index (κ2) is 6.36. The molecule has 0 saturated carbocycles. The molecule has 0 saturated heterocycles. The Morgan fingerprint density at radius 2 is 1.66 bits per heavy atom. The first-order valence-corrected chi connectivity index (χ1v) is 11.2. The van der Waals surface area contributed by atoms with Gasteiger partial charge in [0.15, 0.2) is 5.75 Å². The quantitative estimate of drug-likeness (QED) is 0.582. The number of benzene rings is 3.